The highest BCUT2D eigenvalue weighted by Crippen LogP contribution is 2.29. The minimum Gasteiger partial charge on any atom is -0.483 e. The van der Waals surface area contributed by atoms with Crippen LogP contribution < -0.4 is 15.4 Å². The molecule has 2 amide bonds. The van der Waals surface area contributed by atoms with Crippen molar-refractivity contribution in [3.63, 3.8) is 0 Å². The number of amides is 2. The van der Waals surface area contributed by atoms with Crippen LogP contribution >= 0.6 is 0 Å². The molecule has 0 heterocycles. The topological polar surface area (TPSA) is 67.4 Å². The van der Waals surface area contributed by atoms with E-state index in [-0.39, 0.29) is 18.4 Å². The molecule has 1 aliphatic rings. The molecule has 144 valence electrons. The normalized spacial score (nSPS) is 16.2. The van der Waals surface area contributed by atoms with Crippen molar-refractivity contribution in [2.24, 2.45) is 0 Å². The van der Waals surface area contributed by atoms with E-state index < -0.39 is 5.54 Å². The molecule has 1 fully saturated rings. The molecule has 0 bridgehead atoms. The van der Waals surface area contributed by atoms with E-state index in [0.29, 0.717) is 25.3 Å². The fraction of sp³-hybridized carbons (Fsp3) is 0.619. The van der Waals surface area contributed by atoms with Crippen LogP contribution in [0.5, 0.6) is 5.75 Å². The number of carbonyl (C=O) groups excluding carboxylic acids is 2. The van der Waals surface area contributed by atoms with Gasteiger partial charge in [-0.25, -0.2) is 0 Å². The highest BCUT2D eigenvalue weighted by atomic mass is 16.5. The van der Waals surface area contributed by atoms with Crippen molar-refractivity contribution in [2.75, 3.05) is 13.2 Å². The molecule has 0 atom stereocenters. The van der Waals surface area contributed by atoms with Crippen LogP contribution in [0.25, 0.3) is 0 Å². The number of benzene rings is 1. The minimum absolute atomic E-state index is 0.0773. The van der Waals surface area contributed by atoms with Crippen LogP contribution in [0, 0.1) is 6.92 Å². The van der Waals surface area contributed by atoms with E-state index in [1.54, 1.807) is 0 Å². The van der Waals surface area contributed by atoms with Crippen molar-refractivity contribution in [1.82, 2.24) is 10.6 Å². The van der Waals surface area contributed by atoms with Gasteiger partial charge in [0.05, 0.1) is 0 Å². The van der Waals surface area contributed by atoms with Crippen molar-refractivity contribution in [3.05, 3.63) is 29.3 Å². The zero-order valence-corrected chi connectivity index (χ0v) is 16.5. The van der Waals surface area contributed by atoms with Crippen molar-refractivity contribution in [1.29, 1.82) is 0 Å². The summed E-state index contributed by atoms with van der Waals surface area (Å²) in [4.78, 5) is 25.1. The SMILES string of the molecule is CCNC(=O)C1(NC(=O)COc2cc(C)ccc2C(C)C)CCCCC1. The Hall–Kier alpha value is -2.04. The fourth-order valence-corrected chi connectivity index (χ4v) is 3.58. The minimum atomic E-state index is -0.789. The van der Waals surface area contributed by atoms with Crippen LogP contribution in [-0.2, 0) is 9.59 Å². The quantitative estimate of drug-likeness (QED) is 0.782. The summed E-state index contributed by atoms with van der Waals surface area (Å²) in [5, 5.41) is 5.85. The number of ether oxygens (including phenoxy) is 1. The van der Waals surface area contributed by atoms with Gasteiger partial charge in [-0.3, -0.25) is 9.59 Å². The summed E-state index contributed by atoms with van der Waals surface area (Å²) in [6.07, 6.45) is 4.38. The molecule has 1 aromatic carbocycles. The summed E-state index contributed by atoms with van der Waals surface area (Å²) >= 11 is 0. The molecule has 0 spiro atoms. The van der Waals surface area contributed by atoms with E-state index >= 15 is 0 Å². The molecule has 0 aliphatic heterocycles. The first-order chi connectivity index (χ1) is 12.4. The Morgan fingerprint density at radius 2 is 1.88 bits per heavy atom. The van der Waals surface area contributed by atoms with Gasteiger partial charge in [0, 0.05) is 6.54 Å². The number of carbonyl (C=O) groups is 2. The maximum atomic E-state index is 12.6. The molecule has 1 saturated carbocycles. The number of likely N-dealkylation sites (N-methyl/N-ethyl adjacent to an activating group) is 1. The van der Waals surface area contributed by atoms with Crippen LogP contribution in [-0.4, -0.2) is 30.5 Å². The fourth-order valence-electron chi connectivity index (χ4n) is 3.58. The van der Waals surface area contributed by atoms with Crippen molar-refractivity contribution in [2.45, 2.75) is 71.3 Å². The molecule has 2 rings (SSSR count). The lowest BCUT2D eigenvalue weighted by atomic mass is 9.80. The lowest BCUT2D eigenvalue weighted by Crippen LogP contribution is -2.60. The Labute approximate surface area is 156 Å². The van der Waals surface area contributed by atoms with Crippen molar-refractivity contribution >= 4 is 11.8 Å². The first-order valence-corrected chi connectivity index (χ1v) is 9.70. The second-order valence-electron chi connectivity index (χ2n) is 7.54. The third-order valence-electron chi connectivity index (χ3n) is 5.01. The first-order valence-electron chi connectivity index (χ1n) is 9.70. The van der Waals surface area contributed by atoms with Crippen LogP contribution in [0.15, 0.2) is 18.2 Å². The summed E-state index contributed by atoms with van der Waals surface area (Å²) in [5.74, 6) is 0.736. The Morgan fingerprint density at radius 1 is 1.19 bits per heavy atom. The second kappa shape index (κ2) is 9.06. The zero-order valence-electron chi connectivity index (χ0n) is 16.5. The largest absolute Gasteiger partial charge is 0.483 e. The van der Waals surface area contributed by atoms with Crippen LogP contribution in [0.2, 0.25) is 0 Å². The predicted octanol–water partition coefficient (Wildman–Crippen LogP) is 3.45. The molecule has 5 nitrogen and oxygen atoms in total. The van der Waals surface area contributed by atoms with Gasteiger partial charge < -0.3 is 15.4 Å². The van der Waals surface area contributed by atoms with Gasteiger partial charge in [-0.05, 0) is 49.8 Å². The molecule has 2 N–H and O–H groups in total. The summed E-state index contributed by atoms with van der Waals surface area (Å²) in [6, 6.07) is 6.06. The second-order valence-corrected chi connectivity index (χ2v) is 7.54. The van der Waals surface area contributed by atoms with Crippen LogP contribution in [0.3, 0.4) is 0 Å². The molecular weight excluding hydrogens is 328 g/mol. The van der Waals surface area contributed by atoms with Crippen LogP contribution in [0.1, 0.15) is 69.9 Å². The summed E-state index contributed by atoms with van der Waals surface area (Å²) < 4.78 is 5.82. The van der Waals surface area contributed by atoms with E-state index in [1.807, 2.05) is 32.0 Å². The van der Waals surface area contributed by atoms with E-state index in [4.69, 9.17) is 4.74 Å². The third kappa shape index (κ3) is 4.99. The van der Waals surface area contributed by atoms with E-state index in [1.165, 1.54) is 0 Å². The van der Waals surface area contributed by atoms with Crippen molar-refractivity contribution in [3.8, 4) is 5.75 Å². The lowest BCUT2D eigenvalue weighted by molar-refractivity contribution is -0.135. The number of aryl methyl sites for hydroxylation is 1. The van der Waals surface area contributed by atoms with Crippen molar-refractivity contribution < 1.29 is 14.3 Å². The Morgan fingerprint density at radius 3 is 2.50 bits per heavy atom. The highest BCUT2D eigenvalue weighted by Gasteiger charge is 2.40. The Kier molecular flexibility index (Phi) is 7.06. The average Bonchev–Trinajstić information content (AvgIpc) is 2.60. The number of rotatable bonds is 7. The standard InChI is InChI=1S/C21H32N2O3/c1-5-22-20(25)21(11-7-6-8-12-21)23-19(24)14-26-18-13-16(4)9-10-17(18)15(2)3/h9-10,13,15H,5-8,11-12,14H2,1-4H3,(H,22,25)(H,23,24). The molecule has 0 aromatic heterocycles. The lowest BCUT2D eigenvalue weighted by Gasteiger charge is -2.36. The summed E-state index contributed by atoms with van der Waals surface area (Å²) in [6.45, 7) is 8.58. The van der Waals surface area contributed by atoms with Gasteiger partial charge in [0.2, 0.25) is 5.91 Å². The maximum absolute atomic E-state index is 12.6. The number of hydrogen-bond donors (Lipinski definition) is 2. The highest BCUT2D eigenvalue weighted by molar-refractivity contribution is 5.92. The van der Waals surface area contributed by atoms with Gasteiger partial charge in [0.1, 0.15) is 11.3 Å². The number of hydrogen-bond acceptors (Lipinski definition) is 3. The Balaban J connectivity index is 2.05. The van der Waals surface area contributed by atoms with E-state index in [2.05, 4.69) is 24.5 Å². The van der Waals surface area contributed by atoms with Crippen LogP contribution in [0.4, 0.5) is 0 Å². The summed E-state index contributed by atoms with van der Waals surface area (Å²) in [7, 11) is 0. The van der Waals surface area contributed by atoms with Gasteiger partial charge in [-0.2, -0.15) is 0 Å². The van der Waals surface area contributed by atoms with Gasteiger partial charge in [0.15, 0.2) is 6.61 Å². The van der Waals surface area contributed by atoms with Gasteiger partial charge in [-0.15, -0.1) is 0 Å². The number of nitrogens with one attached hydrogen (secondary N) is 2. The van der Waals surface area contributed by atoms with E-state index in [9.17, 15) is 9.59 Å². The predicted molar refractivity (Wildman–Crippen MR) is 103 cm³/mol. The van der Waals surface area contributed by atoms with Gasteiger partial charge in [-0.1, -0.05) is 45.2 Å². The zero-order chi connectivity index (χ0) is 19.2. The summed E-state index contributed by atoms with van der Waals surface area (Å²) in [5.41, 5.74) is 1.39. The molecule has 0 radical (unpaired) electrons. The molecule has 5 heteroatoms. The molecule has 0 saturated heterocycles. The first kappa shape index (κ1) is 20.3. The molecule has 0 unspecified atom stereocenters. The Bertz CT molecular complexity index is 634. The smallest absolute Gasteiger partial charge is 0.258 e. The average molecular weight is 360 g/mol. The molecule has 1 aromatic rings. The molecular formula is C21H32N2O3. The van der Waals surface area contributed by atoms with Gasteiger partial charge >= 0.3 is 0 Å². The van der Waals surface area contributed by atoms with E-state index in [0.717, 1.165) is 36.1 Å². The third-order valence-corrected chi connectivity index (χ3v) is 5.01. The molecule has 1 aliphatic carbocycles. The maximum Gasteiger partial charge on any atom is 0.258 e. The monoisotopic (exact) mass is 360 g/mol. The van der Waals surface area contributed by atoms with Gasteiger partial charge in [0.25, 0.3) is 5.91 Å². The molecule has 26 heavy (non-hydrogen) atoms.